The van der Waals surface area contributed by atoms with Crippen molar-refractivity contribution in [3.05, 3.63) is 65.7 Å². The summed E-state index contributed by atoms with van der Waals surface area (Å²) in [4.78, 5) is 15.4. The molecule has 5 heteroatoms. The van der Waals surface area contributed by atoms with Crippen molar-refractivity contribution in [3.8, 4) is 11.5 Å². The van der Waals surface area contributed by atoms with Crippen LogP contribution < -0.4 is 9.47 Å². The maximum absolute atomic E-state index is 13.4. The lowest BCUT2D eigenvalue weighted by molar-refractivity contribution is -0.151. The zero-order chi connectivity index (χ0) is 22.6. The minimum absolute atomic E-state index is 0.00458. The van der Waals surface area contributed by atoms with Gasteiger partial charge < -0.3 is 19.5 Å². The number of carbonyl (C=O) groups is 1. The van der Waals surface area contributed by atoms with Crippen LogP contribution in [0.15, 0.2) is 54.6 Å². The fourth-order valence-electron chi connectivity index (χ4n) is 5.30. The van der Waals surface area contributed by atoms with Crippen LogP contribution in [0.2, 0.25) is 0 Å². The Morgan fingerprint density at radius 2 is 1.94 bits per heavy atom. The second-order valence-corrected chi connectivity index (χ2v) is 8.76. The van der Waals surface area contributed by atoms with Crippen LogP contribution in [0.4, 0.5) is 0 Å². The molecule has 4 rings (SSSR count). The Kier molecular flexibility index (Phi) is 6.85. The van der Waals surface area contributed by atoms with E-state index in [-0.39, 0.29) is 17.9 Å². The van der Waals surface area contributed by atoms with Crippen LogP contribution in [-0.4, -0.2) is 41.8 Å². The van der Waals surface area contributed by atoms with Gasteiger partial charge in [0.15, 0.2) is 0 Å². The summed E-state index contributed by atoms with van der Waals surface area (Å²) >= 11 is 0. The number of hydrogen-bond acceptors (Lipinski definition) is 4. The lowest BCUT2D eigenvalue weighted by Crippen LogP contribution is -2.56. The normalized spacial score (nSPS) is 25.4. The highest BCUT2D eigenvalue weighted by atomic mass is 16.5. The highest BCUT2D eigenvalue weighted by Crippen LogP contribution is 2.50. The standard InChI is InChI=1S/C27H33NO4/c1-3-32-24-10-5-4-8-22(24)26-23-9-6-7-17-27(23,30)18-19-28(26)25(29)16-13-20-11-14-21(31-2)15-12-20/h4-5,8,10-16,23,26,30H,3,6-7,9,17-19H2,1-2H3/b16-13+/t23-,26+,27-/m1/s1. The first kappa shape index (κ1) is 22.4. The molecule has 0 aromatic heterocycles. The predicted molar refractivity (Wildman–Crippen MR) is 126 cm³/mol. The molecule has 0 unspecified atom stereocenters. The van der Waals surface area contributed by atoms with Gasteiger partial charge in [-0.05, 0) is 56.0 Å². The quantitative estimate of drug-likeness (QED) is 0.649. The van der Waals surface area contributed by atoms with E-state index < -0.39 is 5.60 Å². The Morgan fingerprint density at radius 3 is 2.69 bits per heavy atom. The van der Waals surface area contributed by atoms with E-state index in [1.807, 2.05) is 66.4 Å². The number of rotatable bonds is 6. The molecule has 3 atom stereocenters. The molecule has 0 bridgehead atoms. The Morgan fingerprint density at radius 1 is 1.16 bits per heavy atom. The van der Waals surface area contributed by atoms with Gasteiger partial charge in [0, 0.05) is 24.1 Å². The summed E-state index contributed by atoms with van der Waals surface area (Å²) in [7, 11) is 1.64. The number of amides is 1. The number of benzene rings is 2. The van der Waals surface area contributed by atoms with E-state index in [1.165, 1.54) is 0 Å². The van der Waals surface area contributed by atoms with Crippen molar-refractivity contribution in [2.45, 2.75) is 50.7 Å². The van der Waals surface area contributed by atoms with Crippen molar-refractivity contribution in [1.29, 1.82) is 0 Å². The average Bonchev–Trinajstić information content (AvgIpc) is 2.82. The zero-order valence-corrected chi connectivity index (χ0v) is 19.0. The Balaban J connectivity index is 1.66. The van der Waals surface area contributed by atoms with Crippen molar-refractivity contribution in [2.75, 3.05) is 20.3 Å². The van der Waals surface area contributed by atoms with Crippen LogP contribution in [0.5, 0.6) is 11.5 Å². The summed E-state index contributed by atoms with van der Waals surface area (Å²) in [6.45, 7) is 3.06. The molecule has 1 saturated carbocycles. The van der Waals surface area contributed by atoms with E-state index in [4.69, 9.17) is 9.47 Å². The number of aliphatic hydroxyl groups is 1. The van der Waals surface area contributed by atoms with Gasteiger partial charge in [0.2, 0.25) is 5.91 Å². The van der Waals surface area contributed by atoms with Crippen LogP contribution in [0.25, 0.3) is 6.08 Å². The molecule has 170 valence electrons. The topological polar surface area (TPSA) is 59.0 Å². The first-order chi connectivity index (χ1) is 15.6. The fourth-order valence-corrected chi connectivity index (χ4v) is 5.30. The summed E-state index contributed by atoms with van der Waals surface area (Å²) in [6, 6.07) is 15.4. The number of likely N-dealkylation sites (tertiary alicyclic amines) is 1. The van der Waals surface area contributed by atoms with Gasteiger partial charge in [-0.3, -0.25) is 4.79 Å². The van der Waals surface area contributed by atoms with Gasteiger partial charge in [-0.1, -0.05) is 43.2 Å². The molecular formula is C27H33NO4. The van der Waals surface area contributed by atoms with Gasteiger partial charge >= 0.3 is 0 Å². The van der Waals surface area contributed by atoms with E-state index in [0.29, 0.717) is 19.6 Å². The molecule has 2 aliphatic rings. The minimum atomic E-state index is -0.723. The molecule has 2 aromatic rings. The molecule has 0 spiro atoms. The van der Waals surface area contributed by atoms with Crippen molar-refractivity contribution >= 4 is 12.0 Å². The molecule has 2 fully saturated rings. The number of para-hydroxylation sites is 1. The number of hydrogen-bond donors (Lipinski definition) is 1. The third kappa shape index (κ3) is 4.53. The smallest absolute Gasteiger partial charge is 0.247 e. The first-order valence-electron chi connectivity index (χ1n) is 11.6. The Labute approximate surface area is 190 Å². The van der Waals surface area contributed by atoms with Crippen molar-refractivity contribution in [2.24, 2.45) is 5.92 Å². The van der Waals surface area contributed by atoms with E-state index in [9.17, 15) is 9.90 Å². The Bertz CT molecular complexity index is 954. The predicted octanol–water partition coefficient (Wildman–Crippen LogP) is 5.00. The van der Waals surface area contributed by atoms with Gasteiger partial charge in [-0.2, -0.15) is 0 Å². The minimum Gasteiger partial charge on any atom is -0.497 e. The van der Waals surface area contributed by atoms with Crippen molar-refractivity contribution in [3.63, 3.8) is 0 Å². The van der Waals surface area contributed by atoms with Gasteiger partial charge in [-0.25, -0.2) is 0 Å². The van der Waals surface area contributed by atoms with E-state index in [2.05, 4.69) is 0 Å². The molecule has 0 radical (unpaired) electrons. The average molecular weight is 436 g/mol. The summed E-state index contributed by atoms with van der Waals surface area (Å²) in [5, 5.41) is 11.5. The van der Waals surface area contributed by atoms with Gasteiger partial charge in [-0.15, -0.1) is 0 Å². The number of ether oxygens (including phenoxy) is 2. The van der Waals surface area contributed by atoms with Crippen molar-refractivity contribution in [1.82, 2.24) is 4.90 Å². The molecular weight excluding hydrogens is 402 g/mol. The summed E-state index contributed by atoms with van der Waals surface area (Å²) in [5.41, 5.74) is 1.21. The SMILES string of the molecule is CCOc1ccccc1[C@H]1[C@H]2CCCC[C@@]2(O)CCN1C(=O)/C=C/c1ccc(OC)cc1. The zero-order valence-electron chi connectivity index (χ0n) is 19.0. The van der Waals surface area contributed by atoms with E-state index in [1.54, 1.807) is 13.2 Å². The maximum Gasteiger partial charge on any atom is 0.247 e. The van der Waals surface area contributed by atoms with Crippen LogP contribution in [0.3, 0.4) is 0 Å². The molecule has 1 N–H and O–H groups in total. The molecule has 5 nitrogen and oxygen atoms in total. The molecule has 1 amide bonds. The number of methoxy groups -OCH3 is 1. The largest absolute Gasteiger partial charge is 0.497 e. The van der Waals surface area contributed by atoms with Crippen LogP contribution in [0.1, 0.15) is 56.2 Å². The molecule has 2 aromatic carbocycles. The number of nitrogens with zero attached hydrogens (tertiary/aromatic N) is 1. The van der Waals surface area contributed by atoms with Crippen LogP contribution in [0, 0.1) is 5.92 Å². The summed E-state index contributed by atoms with van der Waals surface area (Å²) < 4.78 is 11.1. The van der Waals surface area contributed by atoms with Gasteiger partial charge in [0.05, 0.1) is 25.4 Å². The number of piperidine rings is 1. The molecule has 1 saturated heterocycles. The molecule has 32 heavy (non-hydrogen) atoms. The lowest BCUT2D eigenvalue weighted by Gasteiger charge is -2.52. The highest BCUT2D eigenvalue weighted by Gasteiger charge is 2.50. The molecule has 1 aliphatic heterocycles. The van der Waals surface area contributed by atoms with E-state index in [0.717, 1.165) is 48.3 Å². The second kappa shape index (κ2) is 9.78. The fraction of sp³-hybridized carbons (Fsp3) is 0.444. The van der Waals surface area contributed by atoms with Gasteiger partial charge in [0.25, 0.3) is 0 Å². The van der Waals surface area contributed by atoms with Crippen LogP contribution in [-0.2, 0) is 4.79 Å². The van der Waals surface area contributed by atoms with Crippen LogP contribution >= 0.6 is 0 Å². The number of fused-ring (bicyclic) bond motifs is 1. The monoisotopic (exact) mass is 435 g/mol. The lowest BCUT2D eigenvalue weighted by atomic mass is 9.66. The van der Waals surface area contributed by atoms with E-state index >= 15 is 0 Å². The summed E-state index contributed by atoms with van der Waals surface area (Å²) in [5.74, 6) is 1.55. The third-order valence-electron chi connectivity index (χ3n) is 6.92. The maximum atomic E-state index is 13.4. The highest BCUT2D eigenvalue weighted by molar-refractivity contribution is 5.92. The first-order valence-corrected chi connectivity index (χ1v) is 11.6. The third-order valence-corrected chi connectivity index (χ3v) is 6.92. The Hall–Kier alpha value is -2.79. The van der Waals surface area contributed by atoms with Crippen molar-refractivity contribution < 1.29 is 19.4 Å². The molecule has 1 heterocycles. The molecule has 1 aliphatic carbocycles. The number of carbonyl (C=O) groups excluding carboxylic acids is 1. The second-order valence-electron chi connectivity index (χ2n) is 8.76. The summed E-state index contributed by atoms with van der Waals surface area (Å²) in [6.07, 6.45) is 7.93. The van der Waals surface area contributed by atoms with Gasteiger partial charge in [0.1, 0.15) is 11.5 Å².